The minimum absolute atomic E-state index is 0.0400. The fourth-order valence-corrected chi connectivity index (χ4v) is 2.52. The molecule has 1 aromatic carbocycles. The van der Waals surface area contributed by atoms with E-state index in [0.29, 0.717) is 0 Å². The van der Waals surface area contributed by atoms with Crippen molar-refractivity contribution in [2.45, 2.75) is 25.3 Å². The maximum absolute atomic E-state index is 11.9. The van der Waals surface area contributed by atoms with E-state index in [1.54, 1.807) is 6.08 Å². The summed E-state index contributed by atoms with van der Waals surface area (Å²) in [5, 5.41) is 10.1. The molecule has 0 fully saturated rings. The third-order valence-corrected chi connectivity index (χ3v) is 3.59. The number of aromatic nitrogens is 2. The van der Waals surface area contributed by atoms with E-state index in [2.05, 4.69) is 15.5 Å². The van der Waals surface area contributed by atoms with Crippen molar-refractivity contribution in [2.24, 2.45) is 0 Å². The highest BCUT2D eigenvalue weighted by Gasteiger charge is 2.20. The van der Waals surface area contributed by atoms with Gasteiger partial charge >= 0.3 is 0 Å². The molecule has 20 heavy (non-hydrogen) atoms. The van der Waals surface area contributed by atoms with Crippen molar-refractivity contribution in [3.63, 3.8) is 0 Å². The Morgan fingerprint density at radius 1 is 1.35 bits per heavy atom. The van der Waals surface area contributed by atoms with Gasteiger partial charge in [0.1, 0.15) is 0 Å². The summed E-state index contributed by atoms with van der Waals surface area (Å²) >= 11 is 0. The van der Waals surface area contributed by atoms with Gasteiger partial charge < -0.3 is 5.32 Å². The molecule has 0 aliphatic heterocycles. The van der Waals surface area contributed by atoms with Crippen LogP contribution in [0.3, 0.4) is 0 Å². The molecule has 1 aliphatic carbocycles. The van der Waals surface area contributed by atoms with Crippen molar-refractivity contribution >= 4 is 12.0 Å². The Hall–Kier alpha value is -2.36. The number of H-pyrrole nitrogens is 1. The summed E-state index contributed by atoms with van der Waals surface area (Å²) in [6.07, 6.45) is 8.08. The molecule has 1 unspecified atom stereocenters. The molecule has 0 radical (unpaired) electrons. The average Bonchev–Trinajstić information content (AvgIpc) is 2.94. The minimum Gasteiger partial charge on any atom is -0.349 e. The van der Waals surface area contributed by atoms with Gasteiger partial charge in [-0.3, -0.25) is 9.89 Å². The van der Waals surface area contributed by atoms with Gasteiger partial charge in [-0.15, -0.1) is 0 Å². The van der Waals surface area contributed by atoms with Crippen LogP contribution in [0.5, 0.6) is 0 Å². The molecule has 3 rings (SSSR count). The first-order chi connectivity index (χ1) is 9.81. The Labute approximate surface area is 117 Å². The number of hydrogen-bond donors (Lipinski definition) is 2. The highest BCUT2D eigenvalue weighted by Crippen LogP contribution is 2.18. The van der Waals surface area contributed by atoms with Crippen molar-refractivity contribution in [2.75, 3.05) is 0 Å². The Kier molecular flexibility index (Phi) is 3.63. The highest BCUT2D eigenvalue weighted by atomic mass is 16.1. The molecule has 1 aromatic heterocycles. The molecule has 0 bridgehead atoms. The molecule has 102 valence electrons. The summed E-state index contributed by atoms with van der Waals surface area (Å²) in [5.74, 6) is -0.0400. The van der Waals surface area contributed by atoms with E-state index in [1.807, 2.05) is 42.6 Å². The smallest absolute Gasteiger partial charge is 0.244 e. The number of aromatic amines is 1. The monoisotopic (exact) mass is 267 g/mol. The number of fused-ring (bicyclic) bond motifs is 1. The zero-order chi connectivity index (χ0) is 13.8. The number of aryl methyl sites for hydroxylation is 1. The number of hydrogen-bond acceptors (Lipinski definition) is 2. The molecule has 4 heteroatoms. The lowest BCUT2D eigenvalue weighted by atomic mass is 9.94. The fraction of sp³-hybridized carbons (Fsp3) is 0.250. The predicted octanol–water partition coefficient (Wildman–Crippen LogP) is 2.10. The molecule has 2 N–H and O–H groups in total. The maximum Gasteiger partial charge on any atom is 0.244 e. The Morgan fingerprint density at radius 2 is 2.20 bits per heavy atom. The second kappa shape index (κ2) is 5.74. The van der Waals surface area contributed by atoms with Crippen LogP contribution < -0.4 is 5.32 Å². The Balaban J connectivity index is 1.56. The van der Waals surface area contributed by atoms with E-state index in [1.165, 1.54) is 5.56 Å². The zero-order valence-corrected chi connectivity index (χ0v) is 11.2. The topological polar surface area (TPSA) is 57.8 Å². The van der Waals surface area contributed by atoms with Gasteiger partial charge in [0.25, 0.3) is 0 Å². The van der Waals surface area contributed by atoms with Gasteiger partial charge in [-0.2, -0.15) is 5.10 Å². The third-order valence-electron chi connectivity index (χ3n) is 3.59. The number of nitrogens with zero attached hydrogens (tertiary/aromatic N) is 1. The Bertz CT molecular complexity index is 616. The number of carbonyl (C=O) groups is 1. The lowest BCUT2D eigenvalue weighted by Gasteiger charge is -2.22. The number of amides is 1. The summed E-state index contributed by atoms with van der Waals surface area (Å²) in [7, 11) is 0. The first kappa shape index (κ1) is 12.7. The zero-order valence-electron chi connectivity index (χ0n) is 11.2. The minimum atomic E-state index is -0.0400. The molecule has 2 aromatic rings. The van der Waals surface area contributed by atoms with Crippen LogP contribution in [0.15, 0.2) is 42.6 Å². The lowest BCUT2D eigenvalue weighted by Crippen LogP contribution is -2.37. The van der Waals surface area contributed by atoms with Crippen molar-refractivity contribution in [1.29, 1.82) is 0 Å². The van der Waals surface area contributed by atoms with E-state index >= 15 is 0 Å². The molecular formula is C16H17N3O. The molecule has 1 heterocycles. The SMILES string of the molecule is O=C(/C=C/c1ccccc1)NC1CCc2cn[nH]c2C1. The van der Waals surface area contributed by atoms with Crippen LogP contribution in [0.25, 0.3) is 6.08 Å². The molecule has 0 spiro atoms. The number of nitrogens with one attached hydrogen (secondary N) is 2. The van der Waals surface area contributed by atoms with Gasteiger partial charge in [-0.25, -0.2) is 0 Å². The Morgan fingerprint density at radius 3 is 3.05 bits per heavy atom. The van der Waals surface area contributed by atoms with Gasteiger partial charge in [0.2, 0.25) is 5.91 Å². The van der Waals surface area contributed by atoms with Crippen molar-refractivity contribution < 1.29 is 4.79 Å². The molecule has 1 amide bonds. The highest BCUT2D eigenvalue weighted by molar-refractivity contribution is 5.91. The first-order valence-corrected chi connectivity index (χ1v) is 6.86. The number of benzene rings is 1. The van der Waals surface area contributed by atoms with Gasteiger partial charge in [-0.1, -0.05) is 30.3 Å². The summed E-state index contributed by atoms with van der Waals surface area (Å²) in [6, 6.07) is 10.0. The molecule has 0 saturated carbocycles. The second-order valence-corrected chi connectivity index (χ2v) is 5.07. The van der Waals surface area contributed by atoms with Crippen LogP contribution in [0.2, 0.25) is 0 Å². The largest absolute Gasteiger partial charge is 0.349 e. The summed E-state index contributed by atoms with van der Waals surface area (Å²) in [5.41, 5.74) is 3.45. The first-order valence-electron chi connectivity index (χ1n) is 6.86. The van der Waals surface area contributed by atoms with Gasteiger partial charge in [-0.05, 0) is 30.0 Å². The molecular weight excluding hydrogens is 250 g/mol. The van der Waals surface area contributed by atoms with Crippen molar-refractivity contribution in [3.8, 4) is 0 Å². The van der Waals surface area contributed by atoms with Crippen LogP contribution in [0, 0.1) is 0 Å². The van der Waals surface area contributed by atoms with Crippen LogP contribution in [0.1, 0.15) is 23.2 Å². The average molecular weight is 267 g/mol. The van der Waals surface area contributed by atoms with E-state index in [-0.39, 0.29) is 11.9 Å². The van der Waals surface area contributed by atoms with Gasteiger partial charge in [0.05, 0.1) is 6.20 Å². The van der Waals surface area contributed by atoms with E-state index in [0.717, 1.165) is 30.5 Å². The van der Waals surface area contributed by atoms with Crippen LogP contribution in [-0.4, -0.2) is 22.1 Å². The predicted molar refractivity (Wildman–Crippen MR) is 78.0 cm³/mol. The number of rotatable bonds is 3. The van der Waals surface area contributed by atoms with Crippen molar-refractivity contribution in [3.05, 3.63) is 59.4 Å². The summed E-state index contributed by atoms with van der Waals surface area (Å²) < 4.78 is 0. The quantitative estimate of drug-likeness (QED) is 0.837. The third kappa shape index (κ3) is 2.96. The molecule has 1 atom stereocenters. The lowest BCUT2D eigenvalue weighted by molar-refractivity contribution is -0.117. The van der Waals surface area contributed by atoms with Gasteiger partial charge in [0.15, 0.2) is 0 Å². The van der Waals surface area contributed by atoms with E-state index in [4.69, 9.17) is 0 Å². The van der Waals surface area contributed by atoms with Crippen LogP contribution in [-0.2, 0) is 17.6 Å². The molecule has 0 saturated heterocycles. The van der Waals surface area contributed by atoms with E-state index < -0.39 is 0 Å². The van der Waals surface area contributed by atoms with Gasteiger partial charge in [0, 0.05) is 24.2 Å². The number of carbonyl (C=O) groups excluding carboxylic acids is 1. The fourth-order valence-electron chi connectivity index (χ4n) is 2.52. The maximum atomic E-state index is 11.9. The molecule has 4 nitrogen and oxygen atoms in total. The van der Waals surface area contributed by atoms with Crippen LogP contribution >= 0.6 is 0 Å². The standard InChI is InChI=1S/C16H17N3O/c20-16(9-6-12-4-2-1-3-5-12)18-14-8-7-13-11-17-19-15(13)10-14/h1-6,9,11,14H,7-8,10H2,(H,17,19)(H,18,20)/b9-6+. The van der Waals surface area contributed by atoms with Crippen molar-refractivity contribution in [1.82, 2.24) is 15.5 Å². The normalized spacial score (nSPS) is 17.9. The van der Waals surface area contributed by atoms with Crippen LogP contribution in [0.4, 0.5) is 0 Å². The summed E-state index contributed by atoms with van der Waals surface area (Å²) in [6.45, 7) is 0. The second-order valence-electron chi connectivity index (χ2n) is 5.07. The van der Waals surface area contributed by atoms with E-state index in [9.17, 15) is 4.79 Å². The summed E-state index contributed by atoms with van der Waals surface area (Å²) in [4.78, 5) is 11.9. The molecule has 1 aliphatic rings.